The molecule has 1 aliphatic rings. The van der Waals surface area contributed by atoms with Crippen LogP contribution in [0.5, 0.6) is 0 Å². The lowest BCUT2D eigenvalue weighted by atomic mass is 10.0. The van der Waals surface area contributed by atoms with Crippen molar-refractivity contribution in [3.8, 4) is 11.1 Å². The van der Waals surface area contributed by atoms with E-state index in [1.165, 1.54) is 0 Å². The van der Waals surface area contributed by atoms with Gasteiger partial charge in [0, 0.05) is 30.2 Å². The second-order valence-corrected chi connectivity index (χ2v) is 10.2. The first-order valence-electron chi connectivity index (χ1n) is 10.7. The number of hydrogen-bond donors (Lipinski definition) is 1. The van der Waals surface area contributed by atoms with Crippen LogP contribution in [-0.2, 0) is 16.4 Å². The lowest BCUT2D eigenvalue weighted by Gasteiger charge is -2.15. The van der Waals surface area contributed by atoms with Gasteiger partial charge in [0.05, 0.1) is 4.90 Å². The number of carbonyl (C=O) groups is 1. The van der Waals surface area contributed by atoms with Gasteiger partial charge in [-0.3, -0.25) is 4.79 Å². The van der Waals surface area contributed by atoms with E-state index in [-0.39, 0.29) is 5.91 Å². The van der Waals surface area contributed by atoms with Gasteiger partial charge in [-0.15, -0.1) is 0 Å². The van der Waals surface area contributed by atoms with Crippen molar-refractivity contribution in [3.05, 3.63) is 88.9 Å². The Morgan fingerprint density at radius 1 is 0.844 bits per heavy atom. The smallest absolute Gasteiger partial charge is 0.251 e. The molecule has 1 fully saturated rings. The van der Waals surface area contributed by atoms with E-state index in [9.17, 15) is 13.2 Å². The Kier molecular flexibility index (Phi) is 6.94. The third-order valence-electron chi connectivity index (χ3n) is 5.65. The standard InChI is InChI=1S/C25H25ClN2O3S/c26-23-11-3-19(4-12-23)15-16-27-25(29)22-7-5-20(6-8-22)21-9-13-24(14-10-21)32(30,31)28-17-1-2-18-28/h3-14H,1-2,15-18H2,(H,27,29). The summed E-state index contributed by atoms with van der Waals surface area (Å²) >= 11 is 5.89. The molecule has 1 N–H and O–H groups in total. The number of amides is 1. The van der Waals surface area contributed by atoms with E-state index in [4.69, 9.17) is 11.6 Å². The topological polar surface area (TPSA) is 66.5 Å². The predicted octanol–water partition coefficient (Wildman–Crippen LogP) is 4.76. The Balaban J connectivity index is 1.36. The molecule has 0 radical (unpaired) electrons. The molecule has 1 aliphatic heterocycles. The number of benzene rings is 3. The highest BCUT2D eigenvalue weighted by Gasteiger charge is 2.26. The molecule has 4 rings (SSSR count). The van der Waals surface area contributed by atoms with Crippen LogP contribution in [0.3, 0.4) is 0 Å². The zero-order valence-corrected chi connectivity index (χ0v) is 19.2. The Labute approximate surface area is 194 Å². The minimum Gasteiger partial charge on any atom is -0.352 e. The van der Waals surface area contributed by atoms with Crippen LogP contribution in [0, 0.1) is 0 Å². The third-order valence-corrected chi connectivity index (χ3v) is 7.81. The van der Waals surface area contributed by atoms with E-state index >= 15 is 0 Å². The molecular formula is C25H25ClN2O3S. The van der Waals surface area contributed by atoms with Crippen molar-refractivity contribution >= 4 is 27.5 Å². The van der Waals surface area contributed by atoms with Crippen LogP contribution >= 0.6 is 11.6 Å². The second-order valence-electron chi connectivity index (χ2n) is 7.85. The molecule has 32 heavy (non-hydrogen) atoms. The summed E-state index contributed by atoms with van der Waals surface area (Å²) in [6.45, 7) is 1.72. The minimum absolute atomic E-state index is 0.127. The molecule has 1 heterocycles. The molecule has 166 valence electrons. The molecule has 0 atom stereocenters. The third kappa shape index (κ3) is 5.21. The van der Waals surface area contributed by atoms with Gasteiger partial charge in [-0.2, -0.15) is 4.31 Å². The molecule has 0 aromatic heterocycles. The Hall–Kier alpha value is -2.67. The van der Waals surface area contributed by atoms with Crippen LogP contribution in [0.1, 0.15) is 28.8 Å². The quantitative estimate of drug-likeness (QED) is 0.543. The van der Waals surface area contributed by atoms with Crippen molar-refractivity contribution in [3.63, 3.8) is 0 Å². The summed E-state index contributed by atoms with van der Waals surface area (Å²) in [6.07, 6.45) is 2.56. The number of nitrogens with one attached hydrogen (secondary N) is 1. The maximum Gasteiger partial charge on any atom is 0.251 e. The van der Waals surface area contributed by atoms with Gasteiger partial charge in [0.25, 0.3) is 5.91 Å². The summed E-state index contributed by atoms with van der Waals surface area (Å²) in [6, 6.07) is 21.8. The molecular weight excluding hydrogens is 444 g/mol. The Morgan fingerprint density at radius 2 is 1.41 bits per heavy atom. The molecule has 0 bridgehead atoms. The molecule has 0 unspecified atom stereocenters. The van der Waals surface area contributed by atoms with Crippen LogP contribution < -0.4 is 5.32 Å². The van der Waals surface area contributed by atoms with Crippen LogP contribution in [-0.4, -0.2) is 38.3 Å². The predicted molar refractivity (Wildman–Crippen MR) is 127 cm³/mol. The highest BCUT2D eigenvalue weighted by molar-refractivity contribution is 7.89. The van der Waals surface area contributed by atoms with Gasteiger partial charge >= 0.3 is 0 Å². The highest BCUT2D eigenvalue weighted by atomic mass is 35.5. The highest BCUT2D eigenvalue weighted by Crippen LogP contribution is 2.25. The van der Waals surface area contributed by atoms with Crippen LogP contribution in [0.4, 0.5) is 0 Å². The molecule has 0 aliphatic carbocycles. The van der Waals surface area contributed by atoms with Crippen LogP contribution in [0.15, 0.2) is 77.7 Å². The summed E-state index contributed by atoms with van der Waals surface area (Å²) in [4.78, 5) is 12.7. The van der Waals surface area contributed by atoms with Gasteiger partial charge in [-0.1, -0.05) is 48.0 Å². The average molecular weight is 469 g/mol. The van der Waals surface area contributed by atoms with E-state index in [1.54, 1.807) is 28.6 Å². The number of nitrogens with zero attached hydrogens (tertiary/aromatic N) is 1. The summed E-state index contributed by atoms with van der Waals surface area (Å²) < 4.78 is 26.9. The second kappa shape index (κ2) is 9.86. The number of sulfonamides is 1. The van der Waals surface area contributed by atoms with Gasteiger partial charge in [-0.25, -0.2) is 8.42 Å². The van der Waals surface area contributed by atoms with Crippen LogP contribution in [0.2, 0.25) is 5.02 Å². The first-order valence-corrected chi connectivity index (χ1v) is 12.5. The van der Waals surface area contributed by atoms with E-state index in [0.29, 0.717) is 35.1 Å². The van der Waals surface area contributed by atoms with Gasteiger partial charge in [0.2, 0.25) is 10.0 Å². The lowest BCUT2D eigenvalue weighted by molar-refractivity contribution is 0.0954. The van der Waals surface area contributed by atoms with Crippen molar-refractivity contribution in [2.24, 2.45) is 0 Å². The maximum absolute atomic E-state index is 12.7. The summed E-state index contributed by atoms with van der Waals surface area (Å²) in [5, 5.41) is 3.62. The van der Waals surface area contributed by atoms with Crippen molar-refractivity contribution in [1.29, 1.82) is 0 Å². The number of halogens is 1. The number of rotatable bonds is 7. The molecule has 1 amide bonds. The van der Waals surface area contributed by atoms with Gasteiger partial charge in [0.1, 0.15) is 0 Å². The largest absolute Gasteiger partial charge is 0.352 e. The zero-order chi connectivity index (χ0) is 22.6. The van der Waals surface area contributed by atoms with E-state index in [0.717, 1.165) is 36.0 Å². The molecule has 0 spiro atoms. The van der Waals surface area contributed by atoms with Crippen molar-refractivity contribution < 1.29 is 13.2 Å². The fourth-order valence-corrected chi connectivity index (χ4v) is 5.43. The average Bonchev–Trinajstić information content (AvgIpc) is 3.37. The van der Waals surface area contributed by atoms with E-state index in [1.807, 2.05) is 48.5 Å². The molecule has 7 heteroatoms. The normalized spacial score (nSPS) is 14.4. The van der Waals surface area contributed by atoms with Crippen molar-refractivity contribution in [2.75, 3.05) is 19.6 Å². The fraction of sp³-hybridized carbons (Fsp3) is 0.240. The Bertz CT molecular complexity index is 1170. The minimum atomic E-state index is -3.41. The van der Waals surface area contributed by atoms with Crippen LogP contribution in [0.25, 0.3) is 11.1 Å². The van der Waals surface area contributed by atoms with Gasteiger partial charge < -0.3 is 5.32 Å². The first-order chi connectivity index (χ1) is 15.4. The van der Waals surface area contributed by atoms with Crippen molar-refractivity contribution in [1.82, 2.24) is 9.62 Å². The number of carbonyl (C=O) groups excluding carboxylic acids is 1. The van der Waals surface area contributed by atoms with E-state index in [2.05, 4.69) is 5.32 Å². The summed E-state index contributed by atoms with van der Waals surface area (Å²) in [5.41, 5.74) is 3.52. The Morgan fingerprint density at radius 3 is 2.00 bits per heavy atom. The number of hydrogen-bond acceptors (Lipinski definition) is 3. The maximum atomic E-state index is 12.7. The van der Waals surface area contributed by atoms with Gasteiger partial charge in [0.15, 0.2) is 0 Å². The summed E-state index contributed by atoms with van der Waals surface area (Å²) in [5.74, 6) is -0.127. The molecule has 0 saturated carbocycles. The molecule has 3 aromatic rings. The first kappa shape index (κ1) is 22.5. The molecule has 5 nitrogen and oxygen atoms in total. The van der Waals surface area contributed by atoms with E-state index < -0.39 is 10.0 Å². The molecule has 1 saturated heterocycles. The molecule has 3 aromatic carbocycles. The monoisotopic (exact) mass is 468 g/mol. The lowest BCUT2D eigenvalue weighted by Crippen LogP contribution is -2.27. The fourth-order valence-electron chi connectivity index (χ4n) is 3.78. The zero-order valence-electron chi connectivity index (χ0n) is 17.6. The van der Waals surface area contributed by atoms with Gasteiger partial charge in [-0.05, 0) is 72.4 Å². The van der Waals surface area contributed by atoms with Crippen molar-refractivity contribution in [2.45, 2.75) is 24.2 Å². The SMILES string of the molecule is O=C(NCCc1ccc(Cl)cc1)c1ccc(-c2ccc(S(=O)(=O)N3CCCC3)cc2)cc1. The summed E-state index contributed by atoms with van der Waals surface area (Å²) in [7, 11) is -3.41.